The van der Waals surface area contributed by atoms with Gasteiger partial charge in [0.1, 0.15) is 0 Å². The number of hydrogen-bond acceptors (Lipinski definition) is 5. The Morgan fingerprint density at radius 3 is 0.762 bits per heavy atom. The number of aliphatic hydroxyl groups is 2. The van der Waals surface area contributed by atoms with Gasteiger partial charge in [-0.1, -0.05) is 399 Å². The molecule has 0 aliphatic heterocycles. The van der Waals surface area contributed by atoms with Crippen molar-refractivity contribution >= 4 is 11.9 Å². The first kappa shape index (κ1) is 78.9. The molecule has 0 aromatic carbocycles. The van der Waals surface area contributed by atoms with Crippen molar-refractivity contribution in [3.05, 3.63) is 0 Å². The van der Waals surface area contributed by atoms with Gasteiger partial charge < -0.3 is 20.3 Å². The Kier molecular flexibility index (Phi) is 69.3. The molecule has 0 radical (unpaired) electrons. The highest BCUT2D eigenvalue weighted by Crippen LogP contribution is 2.20. The number of unbranched alkanes of at least 4 members (excludes halogenated alkanes) is 60. The monoisotopic (exact) mass is 1130 g/mol. The third-order valence-electron chi connectivity index (χ3n) is 17.9. The van der Waals surface area contributed by atoms with Crippen molar-refractivity contribution in [3.8, 4) is 0 Å². The minimum Gasteiger partial charge on any atom is -0.466 e. The topological polar surface area (TPSA) is 95.9 Å². The normalized spacial score (nSPS) is 12.4. The van der Waals surface area contributed by atoms with Gasteiger partial charge in [-0.2, -0.15) is 0 Å². The van der Waals surface area contributed by atoms with Crippen molar-refractivity contribution in [3.63, 3.8) is 0 Å². The van der Waals surface area contributed by atoms with Gasteiger partial charge in [-0.3, -0.25) is 9.59 Å². The van der Waals surface area contributed by atoms with Crippen LogP contribution in [-0.4, -0.2) is 47.4 Å². The van der Waals surface area contributed by atoms with Crippen LogP contribution in [0.5, 0.6) is 0 Å². The van der Waals surface area contributed by atoms with Crippen molar-refractivity contribution in [2.45, 2.75) is 450 Å². The van der Waals surface area contributed by atoms with Crippen LogP contribution in [0, 0.1) is 0 Å². The summed E-state index contributed by atoms with van der Waals surface area (Å²) < 4.78 is 5.51. The predicted molar refractivity (Wildman–Crippen MR) is 352 cm³/mol. The average molecular weight is 1130 g/mol. The van der Waals surface area contributed by atoms with Crippen LogP contribution in [0.25, 0.3) is 0 Å². The molecule has 0 aromatic rings. The second-order valence-electron chi connectivity index (χ2n) is 26.0. The minimum absolute atomic E-state index is 0.0179. The Bertz CT molecular complexity index is 1160. The van der Waals surface area contributed by atoms with E-state index < -0.39 is 12.1 Å². The third-order valence-corrected chi connectivity index (χ3v) is 17.9. The van der Waals surface area contributed by atoms with E-state index in [4.69, 9.17) is 4.74 Å². The number of esters is 1. The fourth-order valence-electron chi connectivity index (χ4n) is 12.2. The molecule has 0 fully saturated rings. The summed E-state index contributed by atoms with van der Waals surface area (Å²) in [7, 11) is 0. The fraction of sp³-hybridized carbons (Fsp3) is 0.973. The second kappa shape index (κ2) is 70.3. The Labute approximate surface area is 502 Å². The summed E-state index contributed by atoms with van der Waals surface area (Å²) in [5.41, 5.74) is 0. The van der Waals surface area contributed by atoms with E-state index in [0.717, 1.165) is 38.5 Å². The molecule has 478 valence electrons. The molecular formula is C74H147NO5. The molecule has 2 atom stereocenters. The molecule has 6 nitrogen and oxygen atoms in total. The largest absolute Gasteiger partial charge is 0.466 e. The van der Waals surface area contributed by atoms with E-state index in [0.29, 0.717) is 25.9 Å². The minimum atomic E-state index is -0.666. The molecule has 6 heteroatoms. The molecule has 0 saturated carbocycles. The van der Waals surface area contributed by atoms with Crippen LogP contribution in [0.3, 0.4) is 0 Å². The lowest BCUT2D eigenvalue weighted by molar-refractivity contribution is -0.143. The number of hydrogen-bond donors (Lipinski definition) is 3. The molecule has 0 aliphatic carbocycles. The highest BCUT2D eigenvalue weighted by atomic mass is 16.5. The Hall–Kier alpha value is -1.14. The van der Waals surface area contributed by atoms with E-state index in [1.807, 2.05) is 0 Å². The van der Waals surface area contributed by atoms with Gasteiger partial charge in [-0.25, -0.2) is 0 Å². The quantitative estimate of drug-likeness (QED) is 0.0417. The molecule has 0 rings (SSSR count). The summed E-state index contributed by atoms with van der Waals surface area (Å²) in [6, 6.07) is -0.543. The molecule has 1 amide bonds. The molecule has 0 aliphatic rings. The van der Waals surface area contributed by atoms with Gasteiger partial charge in [0.05, 0.1) is 25.4 Å². The van der Waals surface area contributed by atoms with Crippen LogP contribution >= 0.6 is 0 Å². The number of carbonyl (C=O) groups excluding carboxylic acids is 2. The SMILES string of the molecule is CCCCCCCCCCCCCCCCCCCCCCCCCCCC(O)C(CO)NC(=O)CCCCCCCCCCCCCCCCCCCCCCCOC(=O)CCCCCCCCCCCCCCCCCCC. The van der Waals surface area contributed by atoms with E-state index >= 15 is 0 Å². The molecule has 0 spiro atoms. The van der Waals surface area contributed by atoms with Crippen LogP contribution < -0.4 is 5.32 Å². The van der Waals surface area contributed by atoms with E-state index in [-0.39, 0.29) is 18.5 Å². The Balaban J connectivity index is 3.36. The summed E-state index contributed by atoms with van der Waals surface area (Å²) in [5.74, 6) is -0.0116. The first-order valence-electron chi connectivity index (χ1n) is 37.3. The van der Waals surface area contributed by atoms with Crippen LogP contribution in [0.15, 0.2) is 0 Å². The van der Waals surface area contributed by atoms with Crippen molar-refractivity contribution in [1.82, 2.24) is 5.32 Å². The van der Waals surface area contributed by atoms with Gasteiger partial charge in [-0.05, 0) is 25.7 Å². The first-order valence-corrected chi connectivity index (χ1v) is 37.3. The lowest BCUT2D eigenvalue weighted by Crippen LogP contribution is -2.45. The second-order valence-corrected chi connectivity index (χ2v) is 26.0. The van der Waals surface area contributed by atoms with E-state index in [9.17, 15) is 19.8 Å². The summed E-state index contributed by atoms with van der Waals surface area (Å²) in [5, 5.41) is 23.5. The van der Waals surface area contributed by atoms with Gasteiger partial charge in [0.15, 0.2) is 0 Å². The van der Waals surface area contributed by atoms with E-state index in [2.05, 4.69) is 19.2 Å². The number of rotatable bonds is 71. The number of amides is 1. The number of ether oxygens (including phenoxy) is 1. The van der Waals surface area contributed by atoms with Crippen LogP contribution in [0.1, 0.15) is 438 Å². The Morgan fingerprint density at radius 2 is 0.512 bits per heavy atom. The smallest absolute Gasteiger partial charge is 0.305 e. The van der Waals surface area contributed by atoms with Crippen molar-refractivity contribution < 1.29 is 24.5 Å². The molecule has 0 bridgehead atoms. The summed E-state index contributed by atoms with van der Waals surface area (Å²) in [4.78, 5) is 24.7. The van der Waals surface area contributed by atoms with Gasteiger partial charge >= 0.3 is 5.97 Å². The van der Waals surface area contributed by atoms with Gasteiger partial charge in [0.25, 0.3) is 0 Å². The molecule has 80 heavy (non-hydrogen) atoms. The molecule has 0 saturated heterocycles. The average Bonchev–Trinajstić information content (AvgIpc) is 3.46. The van der Waals surface area contributed by atoms with Crippen LogP contribution in [-0.2, 0) is 14.3 Å². The zero-order valence-electron chi connectivity index (χ0n) is 54.9. The molecular weight excluding hydrogens is 983 g/mol. The summed E-state index contributed by atoms with van der Waals surface area (Å²) in [6.45, 7) is 5.01. The van der Waals surface area contributed by atoms with Crippen molar-refractivity contribution in [2.24, 2.45) is 0 Å². The van der Waals surface area contributed by atoms with Crippen molar-refractivity contribution in [1.29, 1.82) is 0 Å². The molecule has 0 heterocycles. The standard InChI is InChI=1S/C74H147NO5/c1-3-5-7-9-11-13-15-17-19-21-22-23-24-25-26-28-31-35-38-42-46-50-54-58-62-66-72(77)71(70-76)75-73(78)67-63-59-55-51-47-43-39-36-32-29-27-30-33-37-41-45-49-53-57-61-65-69-80-74(79)68-64-60-56-52-48-44-40-34-20-18-16-14-12-10-8-6-4-2/h71-72,76-77H,3-70H2,1-2H3,(H,75,78). The molecule has 3 N–H and O–H groups in total. The first-order chi connectivity index (χ1) is 39.5. The number of carbonyl (C=O) groups is 2. The zero-order valence-corrected chi connectivity index (χ0v) is 54.9. The lowest BCUT2D eigenvalue weighted by atomic mass is 10.0. The third kappa shape index (κ3) is 66.0. The maximum Gasteiger partial charge on any atom is 0.305 e. The molecule has 2 unspecified atom stereocenters. The number of nitrogens with one attached hydrogen (secondary N) is 1. The fourth-order valence-corrected chi connectivity index (χ4v) is 12.2. The van der Waals surface area contributed by atoms with E-state index in [1.54, 1.807) is 0 Å². The summed E-state index contributed by atoms with van der Waals surface area (Å²) in [6.07, 6.45) is 85.9. The molecule has 0 aromatic heterocycles. The van der Waals surface area contributed by atoms with Gasteiger partial charge in [-0.15, -0.1) is 0 Å². The van der Waals surface area contributed by atoms with Gasteiger partial charge in [0.2, 0.25) is 5.91 Å². The van der Waals surface area contributed by atoms with E-state index in [1.165, 1.54) is 366 Å². The highest BCUT2D eigenvalue weighted by Gasteiger charge is 2.20. The zero-order chi connectivity index (χ0) is 57.8. The highest BCUT2D eigenvalue weighted by molar-refractivity contribution is 5.76. The van der Waals surface area contributed by atoms with Crippen LogP contribution in [0.2, 0.25) is 0 Å². The summed E-state index contributed by atoms with van der Waals surface area (Å²) >= 11 is 0. The van der Waals surface area contributed by atoms with Crippen molar-refractivity contribution in [2.75, 3.05) is 13.2 Å². The maximum atomic E-state index is 12.6. The maximum absolute atomic E-state index is 12.6. The number of aliphatic hydroxyl groups excluding tert-OH is 2. The Morgan fingerprint density at radius 1 is 0.300 bits per heavy atom. The van der Waals surface area contributed by atoms with Gasteiger partial charge in [0, 0.05) is 12.8 Å². The predicted octanol–water partition coefficient (Wildman–Crippen LogP) is 24.2. The lowest BCUT2D eigenvalue weighted by Gasteiger charge is -2.22. The van der Waals surface area contributed by atoms with Crippen LogP contribution in [0.4, 0.5) is 0 Å².